The van der Waals surface area contributed by atoms with E-state index >= 15 is 0 Å². The Morgan fingerprint density at radius 1 is 1.38 bits per heavy atom. The van der Waals surface area contributed by atoms with Crippen molar-refractivity contribution in [2.75, 3.05) is 24.5 Å². The number of para-hydroxylation sites is 1. The number of benzene rings is 1. The molecule has 2 heterocycles. The Hall–Kier alpha value is -2.41. The molecule has 0 aliphatic carbocycles. The second kappa shape index (κ2) is 7.44. The first-order valence-electron chi connectivity index (χ1n) is 8.32. The van der Waals surface area contributed by atoms with Crippen molar-refractivity contribution >= 4 is 11.7 Å². The van der Waals surface area contributed by atoms with Gasteiger partial charge in [0.15, 0.2) is 5.82 Å². The number of urea groups is 1. The molecule has 0 unspecified atom stereocenters. The maximum Gasteiger partial charge on any atom is 0.319 e. The number of carbonyl (C=O) groups is 1. The van der Waals surface area contributed by atoms with Crippen LogP contribution >= 0.6 is 0 Å². The number of aryl methyl sites for hydroxylation is 1. The summed E-state index contributed by atoms with van der Waals surface area (Å²) >= 11 is 0. The lowest BCUT2D eigenvalue weighted by Crippen LogP contribution is -2.38. The third-order valence-electron chi connectivity index (χ3n) is 4.44. The minimum Gasteiger partial charge on any atom is -0.351 e. The number of aromatic nitrogens is 2. The Morgan fingerprint density at radius 2 is 2.12 bits per heavy atom. The zero-order chi connectivity index (χ0) is 16.9. The van der Waals surface area contributed by atoms with Gasteiger partial charge in [0.25, 0.3) is 5.89 Å². The highest BCUT2D eigenvalue weighted by molar-refractivity contribution is 5.94. The third kappa shape index (κ3) is 3.73. The van der Waals surface area contributed by atoms with Crippen molar-refractivity contribution in [2.45, 2.75) is 26.2 Å². The van der Waals surface area contributed by atoms with Crippen molar-refractivity contribution in [3.63, 3.8) is 0 Å². The second-order valence-corrected chi connectivity index (χ2v) is 6.14. The van der Waals surface area contributed by atoms with Crippen LogP contribution in [0, 0.1) is 12.8 Å². The smallest absolute Gasteiger partial charge is 0.319 e. The maximum atomic E-state index is 12.0. The van der Waals surface area contributed by atoms with Gasteiger partial charge in [-0.15, -0.1) is 0 Å². The highest BCUT2D eigenvalue weighted by Gasteiger charge is 2.22. The average Bonchev–Trinajstić information content (AvgIpc) is 3.02. The Kier molecular flexibility index (Phi) is 5.10. The lowest BCUT2D eigenvalue weighted by atomic mass is 9.94. The van der Waals surface area contributed by atoms with Gasteiger partial charge in [0, 0.05) is 6.54 Å². The number of nitrogens with zero attached hydrogens (tertiary/aromatic N) is 3. The molecule has 3 rings (SSSR count). The molecule has 2 aromatic rings. The van der Waals surface area contributed by atoms with E-state index in [-0.39, 0.29) is 0 Å². The minimum absolute atomic E-state index is 0.399. The highest BCUT2D eigenvalue weighted by Crippen LogP contribution is 2.30. The monoisotopic (exact) mass is 329 g/mol. The number of nitrogens with two attached hydrogens (primary N) is 1. The van der Waals surface area contributed by atoms with Gasteiger partial charge >= 0.3 is 6.03 Å². The first-order valence-corrected chi connectivity index (χ1v) is 8.32. The van der Waals surface area contributed by atoms with E-state index in [4.69, 9.17) is 10.3 Å². The fourth-order valence-corrected chi connectivity index (χ4v) is 3.13. The first kappa shape index (κ1) is 16.4. The van der Waals surface area contributed by atoms with Crippen molar-refractivity contribution in [2.24, 2.45) is 11.7 Å². The van der Waals surface area contributed by atoms with Crippen molar-refractivity contribution in [3.8, 4) is 11.5 Å². The number of rotatable bonds is 5. The Bertz CT molecular complexity index is 694. The summed E-state index contributed by atoms with van der Waals surface area (Å²) < 4.78 is 5.27. The Labute approximate surface area is 141 Å². The predicted octanol–water partition coefficient (Wildman–Crippen LogP) is 2.32. The summed E-state index contributed by atoms with van der Waals surface area (Å²) in [6.45, 7) is 4.43. The molecule has 7 nitrogen and oxygen atoms in total. The normalized spacial score (nSPS) is 15.4. The van der Waals surface area contributed by atoms with E-state index in [1.54, 1.807) is 11.8 Å². The quantitative estimate of drug-likeness (QED) is 0.877. The largest absolute Gasteiger partial charge is 0.351 e. The van der Waals surface area contributed by atoms with E-state index < -0.39 is 6.03 Å². The van der Waals surface area contributed by atoms with Gasteiger partial charge in [0.1, 0.15) is 0 Å². The first-order chi connectivity index (χ1) is 11.6. The van der Waals surface area contributed by atoms with E-state index in [0.717, 1.165) is 37.9 Å². The second-order valence-electron chi connectivity index (χ2n) is 6.14. The summed E-state index contributed by atoms with van der Waals surface area (Å²) in [7, 11) is 0. The third-order valence-corrected chi connectivity index (χ3v) is 4.44. The molecule has 1 aromatic heterocycles. The van der Waals surface area contributed by atoms with Gasteiger partial charge in [-0.05, 0) is 57.3 Å². The van der Waals surface area contributed by atoms with Crippen LogP contribution in [0.15, 0.2) is 28.8 Å². The molecule has 1 aromatic carbocycles. The van der Waals surface area contributed by atoms with Gasteiger partial charge < -0.3 is 15.6 Å². The number of anilines is 1. The lowest BCUT2D eigenvalue weighted by Gasteiger charge is -2.27. The molecule has 1 fully saturated rings. The Morgan fingerprint density at radius 3 is 2.79 bits per heavy atom. The van der Waals surface area contributed by atoms with Crippen molar-refractivity contribution < 1.29 is 9.32 Å². The molecule has 0 bridgehead atoms. The molecule has 0 atom stereocenters. The number of hydrogen-bond acceptors (Lipinski definition) is 5. The summed E-state index contributed by atoms with van der Waals surface area (Å²) in [5, 5.41) is 7.19. The van der Waals surface area contributed by atoms with E-state index in [1.807, 2.05) is 24.3 Å². The number of nitrogens with one attached hydrogen (secondary N) is 1. The number of piperidine rings is 1. The zero-order valence-corrected chi connectivity index (χ0v) is 13.9. The summed E-state index contributed by atoms with van der Waals surface area (Å²) in [5.41, 5.74) is 7.08. The fraction of sp³-hybridized carbons (Fsp3) is 0.471. The van der Waals surface area contributed by atoms with Crippen LogP contribution < -0.4 is 16.0 Å². The molecule has 1 aliphatic heterocycles. The molecule has 7 heteroatoms. The molecule has 128 valence electrons. The summed E-state index contributed by atoms with van der Waals surface area (Å²) in [4.78, 5) is 17.9. The summed E-state index contributed by atoms with van der Waals surface area (Å²) in [5.74, 6) is 1.57. The molecule has 0 saturated carbocycles. The molecular formula is C17H23N5O2. The number of carbonyl (C=O) groups excluding carboxylic acids is 1. The molecule has 1 saturated heterocycles. The molecule has 3 N–H and O–H groups in total. The number of primary amides is 1. The van der Waals surface area contributed by atoms with Gasteiger partial charge in [-0.3, -0.25) is 4.90 Å². The van der Waals surface area contributed by atoms with Crippen LogP contribution in [0.5, 0.6) is 0 Å². The van der Waals surface area contributed by atoms with Crippen LogP contribution in [-0.4, -0.2) is 35.8 Å². The Balaban J connectivity index is 1.82. The van der Waals surface area contributed by atoms with Gasteiger partial charge in [-0.2, -0.15) is 4.98 Å². The van der Waals surface area contributed by atoms with E-state index in [2.05, 4.69) is 15.5 Å². The van der Waals surface area contributed by atoms with Gasteiger partial charge in [0.2, 0.25) is 0 Å². The van der Waals surface area contributed by atoms with Crippen molar-refractivity contribution in [1.29, 1.82) is 0 Å². The van der Waals surface area contributed by atoms with Gasteiger partial charge in [0.05, 0.1) is 11.3 Å². The van der Waals surface area contributed by atoms with E-state index in [0.29, 0.717) is 29.9 Å². The van der Waals surface area contributed by atoms with E-state index in [1.165, 1.54) is 0 Å². The molecule has 1 aliphatic rings. The van der Waals surface area contributed by atoms with Crippen LogP contribution in [-0.2, 0) is 0 Å². The molecule has 0 spiro atoms. The summed E-state index contributed by atoms with van der Waals surface area (Å²) in [6.07, 6.45) is 3.20. The molecule has 24 heavy (non-hydrogen) atoms. The van der Waals surface area contributed by atoms with Crippen LogP contribution in [0.3, 0.4) is 0 Å². The van der Waals surface area contributed by atoms with Crippen LogP contribution in [0.2, 0.25) is 0 Å². The standard InChI is InChI=1S/C17H23N5O2/c1-12-20-16(24-21-12)14-4-2-3-5-15(14)22(17(18)23)11-8-13-6-9-19-10-7-13/h2-5,13,19H,6-11H2,1H3,(H2,18,23). The van der Waals surface area contributed by atoms with Gasteiger partial charge in [-0.25, -0.2) is 4.79 Å². The average molecular weight is 329 g/mol. The zero-order valence-electron chi connectivity index (χ0n) is 13.9. The SMILES string of the molecule is Cc1noc(-c2ccccc2N(CCC2CCNCC2)C(N)=O)n1. The molecule has 0 radical (unpaired) electrons. The number of hydrogen-bond donors (Lipinski definition) is 2. The molecule has 2 amide bonds. The lowest BCUT2D eigenvalue weighted by molar-refractivity contribution is 0.252. The topological polar surface area (TPSA) is 97.3 Å². The van der Waals surface area contributed by atoms with Crippen LogP contribution in [0.4, 0.5) is 10.5 Å². The number of amides is 2. The highest BCUT2D eigenvalue weighted by atomic mass is 16.5. The predicted molar refractivity (Wildman–Crippen MR) is 91.6 cm³/mol. The summed E-state index contributed by atoms with van der Waals surface area (Å²) in [6, 6.07) is 7.02. The van der Waals surface area contributed by atoms with Crippen LogP contribution in [0.25, 0.3) is 11.5 Å². The minimum atomic E-state index is -0.465. The fourth-order valence-electron chi connectivity index (χ4n) is 3.13. The van der Waals surface area contributed by atoms with Crippen molar-refractivity contribution in [3.05, 3.63) is 30.1 Å². The van der Waals surface area contributed by atoms with Gasteiger partial charge in [-0.1, -0.05) is 17.3 Å². The van der Waals surface area contributed by atoms with E-state index in [9.17, 15) is 4.79 Å². The maximum absolute atomic E-state index is 12.0. The molecular weight excluding hydrogens is 306 g/mol. The van der Waals surface area contributed by atoms with Crippen LogP contribution in [0.1, 0.15) is 25.1 Å². The van der Waals surface area contributed by atoms with Crippen molar-refractivity contribution in [1.82, 2.24) is 15.5 Å².